The van der Waals surface area contributed by atoms with Gasteiger partial charge in [-0.25, -0.2) is 4.98 Å². The molecule has 0 aliphatic rings. The first-order valence-corrected chi connectivity index (χ1v) is 7.49. The zero-order valence-electron chi connectivity index (χ0n) is 13.6. The van der Waals surface area contributed by atoms with Gasteiger partial charge in [-0.2, -0.15) is 0 Å². The zero-order chi connectivity index (χ0) is 16.0. The molecule has 22 heavy (non-hydrogen) atoms. The van der Waals surface area contributed by atoms with Crippen molar-refractivity contribution in [1.82, 2.24) is 9.97 Å². The van der Waals surface area contributed by atoms with E-state index < -0.39 is 0 Å². The van der Waals surface area contributed by atoms with Crippen molar-refractivity contribution in [3.8, 4) is 11.1 Å². The third kappa shape index (κ3) is 2.34. The normalized spacial score (nSPS) is 11.5. The van der Waals surface area contributed by atoms with Crippen LogP contribution in [0.3, 0.4) is 0 Å². The molecule has 0 spiro atoms. The molecule has 3 rings (SSSR count). The molecule has 0 saturated heterocycles. The molecule has 0 aliphatic carbocycles. The number of aromatic nitrogens is 2. The Morgan fingerprint density at radius 2 is 1.82 bits per heavy atom. The molecule has 3 aromatic rings. The molecule has 4 heteroatoms. The summed E-state index contributed by atoms with van der Waals surface area (Å²) in [6.45, 7) is 9.98. The third-order valence-electron chi connectivity index (χ3n) is 3.95. The molecule has 0 fully saturated rings. The minimum atomic E-state index is -0.100. The van der Waals surface area contributed by atoms with Gasteiger partial charge in [0.1, 0.15) is 17.3 Å². The number of aryl methyl sites for hydroxylation is 3. The van der Waals surface area contributed by atoms with E-state index in [4.69, 9.17) is 4.42 Å². The number of nitrogens with zero attached hydrogens (tertiary/aromatic N) is 1. The molecule has 1 aromatic carbocycles. The van der Waals surface area contributed by atoms with Gasteiger partial charge in [-0.1, -0.05) is 13.8 Å². The molecule has 2 heterocycles. The largest absolute Gasteiger partial charge is 0.466 e. The van der Waals surface area contributed by atoms with Crippen LogP contribution in [0.5, 0.6) is 0 Å². The topological polar surface area (TPSA) is 58.9 Å². The maximum Gasteiger partial charge on any atom is 0.258 e. The van der Waals surface area contributed by atoms with Crippen LogP contribution >= 0.6 is 0 Å². The van der Waals surface area contributed by atoms with E-state index in [1.165, 1.54) is 5.56 Å². The summed E-state index contributed by atoms with van der Waals surface area (Å²) < 4.78 is 5.66. The van der Waals surface area contributed by atoms with Crippen LogP contribution in [0.4, 0.5) is 0 Å². The van der Waals surface area contributed by atoms with Crippen LogP contribution in [0, 0.1) is 20.8 Å². The van der Waals surface area contributed by atoms with Crippen LogP contribution in [0.25, 0.3) is 22.0 Å². The molecule has 4 nitrogen and oxygen atoms in total. The number of nitrogens with one attached hydrogen (secondary N) is 1. The summed E-state index contributed by atoms with van der Waals surface area (Å²) in [5, 5.41) is 0.614. The van der Waals surface area contributed by atoms with Crippen molar-refractivity contribution in [2.45, 2.75) is 40.5 Å². The maximum absolute atomic E-state index is 12.2. The molecule has 1 N–H and O–H groups in total. The van der Waals surface area contributed by atoms with E-state index in [1.807, 2.05) is 32.0 Å². The second kappa shape index (κ2) is 5.13. The second-order valence-corrected chi connectivity index (χ2v) is 6.09. The predicted molar refractivity (Wildman–Crippen MR) is 88.4 cm³/mol. The van der Waals surface area contributed by atoms with Crippen LogP contribution in [-0.2, 0) is 0 Å². The number of hydrogen-bond acceptors (Lipinski definition) is 3. The van der Waals surface area contributed by atoms with E-state index in [-0.39, 0.29) is 5.56 Å². The summed E-state index contributed by atoms with van der Waals surface area (Å²) in [6, 6.07) is 5.99. The smallest absolute Gasteiger partial charge is 0.258 e. The lowest BCUT2D eigenvalue weighted by molar-refractivity contribution is 0.505. The summed E-state index contributed by atoms with van der Waals surface area (Å²) in [6.07, 6.45) is 0. The standard InChI is InChI=1S/C18H20N2O2/c1-9(2)13-8-17-16(18(21)20-12(5)19-17)7-15(13)14-6-10(3)22-11(14)4/h6-9H,1-5H3,(H,19,20,21). The van der Waals surface area contributed by atoms with Gasteiger partial charge in [0.15, 0.2) is 0 Å². The van der Waals surface area contributed by atoms with E-state index in [9.17, 15) is 4.79 Å². The molecule has 0 aliphatic heterocycles. The van der Waals surface area contributed by atoms with Crippen molar-refractivity contribution in [2.24, 2.45) is 0 Å². The van der Waals surface area contributed by atoms with Crippen molar-refractivity contribution in [3.63, 3.8) is 0 Å². The highest BCUT2D eigenvalue weighted by Crippen LogP contribution is 2.35. The highest BCUT2D eigenvalue weighted by atomic mass is 16.3. The number of aromatic amines is 1. The highest BCUT2D eigenvalue weighted by Gasteiger charge is 2.16. The summed E-state index contributed by atoms with van der Waals surface area (Å²) >= 11 is 0. The van der Waals surface area contributed by atoms with E-state index >= 15 is 0 Å². The fourth-order valence-corrected chi connectivity index (χ4v) is 2.93. The molecular weight excluding hydrogens is 276 g/mol. The molecular formula is C18H20N2O2. The van der Waals surface area contributed by atoms with Crippen molar-refractivity contribution < 1.29 is 4.42 Å². The minimum absolute atomic E-state index is 0.100. The summed E-state index contributed by atoms with van der Waals surface area (Å²) in [4.78, 5) is 19.5. The number of benzene rings is 1. The first kappa shape index (κ1) is 14.6. The Bertz CT molecular complexity index is 917. The van der Waals surface area contributed by atoms with Gasteiger partial charge in [0, 0.05) is 5.56 Å². The fourth-order valence-electron chi connectivity index (χ4n) is 2.93. The molecule has 2 aromatic heterocycles. The Kier molecular flexibility index (Phi) is 3.39. The summed E-state index contributed by atoms with van der Waals surface area (Å²) in [5.74, 6) is 2.71. The number of hydrogen-bond donors (Lipinski definition) is 1. The Labute approximate surface area is 129 Å². The molecule has 0 bridgehead atoms. The lowest BCUT2D eigenvalue weighted by Gasteiger charge is -2.14. The van der Waals surface area contributed by atoms with Gasteiger partial charge < -0.3 is 9.40 Å². The Balaban J connectivity index is 2.40. The Morgan fingerprint density at radius 1 is 1.09 bits per heavy atom. The molecule has 114 valence electrons. The van der Waals surface area contributed by atoms with E-state index in [2.05, 4.69) is 23.8 Å². The van der Waals surface area contributed by atoms with Crippen molar-refractivity contribution >= 4 is 10.9 Å². The van der Waals surface area contributed by atoms with Crippen LogP contribution < -0.4 is 5.56 Å². The Hall–Kier alpha value is -2.36. The number of H-pyrrole nitrogens is 1. The van der Waals surface area contributed by atoms with E-state index in [0.717, 1.165) is 28.2 Å². The van der Waals surface area contributed by atoms with E-state index in [1.54, 1.807) is 6.92 Å². The van der Waals surface area contributed by atoms with Crippen LogP contribution in [0.15, 0.2) is 27.4 Å². The quantitative estimate of drug-likeness (QED) is 0.769. The molecule has 0 atom stereocenters. The van der Waals surface area contributed by atoms with Crippen molar-refractivity contribution in [3.05, 3.63) is 51.5 Å². The third-order valence-corrected chi connectivity index (χ3v) is 3.95. The Morgan fingerprint density at radius 3 is 2.41 bits per heavy atom. The molecule has 0 amide bonds. The summed E-state index contributed by atoms with van der Waals surface area (Å²) in [7, 11) is 0. The lowest BCUT2D eigenvalue weighted by atomic mass is 9.91. The van der Waals surface area contributed by atoms with Gasteiger partial charge in [0.2, 0.25) is 0 Å². The minimum Gasteiger partial charge on any atom is -0.466 e. The average Bonchev–Trinajstić information content (AvgIpc) is 2.76. The van der Waals surface area contributed by atoms with Gasteiger partial charge in [0.05, 0.1) is 10.9 Å². The maximum atomic E-state index is 12.2. The SMILES string of the molecule is Cc1nc2cc(C(C)C)c(-c3cc(C)oc3C)cc2c(=O)[nH]1. The highest BCUT2D eigenvalue weighted by molar-refractivity contribution is 5.86. The van der Waals surface area contributed by atoms with Gasteiger partial charge >= 0.3 is 0 Å². The molecule has 0 radical (unpaired) electrons. The van der Waals surface area contributed by atoms with Gasteiger partial charge in [-0.3, -0.25) is 4.79 Å². The first-order chi connectivity index (χ1) is 10.4. The van der Waals surface area contributed by atoms with Crippen LogP contribution in [0.1, 0.15) is 42.7 Å². The molecule has 0 saturated carbocycles. The number of furan rings is 1. The van der Waals surface area contributed by atoms with Gasteiger partial charge in [-0.05, 0) is 56.0 Å². The van der Waals surface area contributed by atoms with Crippen molar-refractivity contribution in [2.75, 3.05) is 0 Å². The van der Waals surface area contributed by atoms with Crippen LogP contribution in [0.2, 0.25) is 0 Å². The zero-order valence-corrected chi connectivity index (χ0v) is 13.6. The first-order valence-electron chi connectivity index (χ1n) is 7.49. The van der Waals surface area contributed by atoms with Gasteiger partial charge in [-0.15, -0.1) is 0 Å². The summed E-state index contributed by atoms with van der Waals surface area (Å²) in [5.41, 5.74) is 3.91. The molecule has 0 unspecified atom stereocenters. The van der Waals surface area contributed by atoms with E-state index in [0.29, 0.717) is 17.1 Å². The lowest BCUT2D eigenvalue weighted by Crippen LogP contribution is -2.10. The van der Waals surface area contributed by atoms with Gasteiger partial charge in [0.25, 0.3) is 5.56 Å². The monoisotopic (exact) mass is 296 g/mol. The fraction of sp³-hybridized carbons (Fsp3) is 0.333. The van der Waals surface area contributed by atoms with Crippen molar-refractivity contribution in [1.29, 1.82) is 0 Å². The second-order valence-electron chi connectivity index (χ2n) is 6.09. The van der Waals surface area contributed by atoms with Crippen LogP contribution in [-0.4, -0.2) is 9.97 Å². The predicted octanol–water partition coefficient (Wildman–Crippen LogP) is 4.23. The number of fused-ring (bicyclic) bond motifs is 1. The number of rotatable bonds is 2. The average molecular weight is 296 g/mol.